The van der Waals surface area contributed by atoms with Gasteiger partial charge in [-0.1, -0.05) is 29.8 Å². The molecule has 5 rings (SSSR count). The van der Waals surface area contributed by atoms with Crippen LogP contribution in [0, 0.1) is 0 Å². The van der Waals surface area contributed by atoms with Crippen LogP contribution >= 0.6 is 11.6 Å². The van der Waals surface area contributed by atoms with Crippen molar-refractivity contribution in [3.8, 4) is 5.75 Å². The number of halogens is 4. The van der Waals surface area contributed by atoms with Crippen molar-refractivity contribution in [2.24, 2.45) is 0 Å². The zero-order valence-corrected chi connectivity index (χ0v) is 22.3. The van der Waals surface area contributed by atoms with Crippen molar-refractivity contribution in [3.63, 3.8) is 0 Å². The van der Waals surface area contributed by atoms with E-state index >= 15 is 0 Å². The van der Waals surface area contributed by atoms with Crippen LogP contribution in [0.2, 0.25) is 5.02 Å². The number of nitrogens with zero attached hydrogens (tertiary/aromatic N) is 2. The maximum absolute atomic E-state index is 13.3. The van der Waals surface area contributed by atoms with Crippen LogP contribution in [-0.2, 0) is 23.1 Å². The van der Waals surface area contributed by atoms with E-state index in [0.717, 1.165) is 48.3 Å². The summed E-state index contributed by atoms with van der Waals surface area (Å²) in [6, 6.07) is 10.6. The van der Waals surface area contributed by atoms with Gasteiger partial charge < -0.3 is 20.7 Å². The Morgan fingerprint density at radius 3 is 2.67 bits per heavy atom. The zero-order chi connectivity index (χ0) is 27.8. The maximum Gasteiger partial charge on any atom is 0.573 e. The Balaban J connectivity index is 1.37. The van der Waals surface area contributed by atoms with E-state index in [0.29, 0.717) is 23.6 Å². The Morgan fingerprint density at radius 1 is 1.15 bits per heavy atom. The predicted molar refractivity (Wildman–Crippen MR) is 144 cm³/mol. The Bertz CT molecular complexity index is 1390. The average Bonchev–Trinajstić information content (AvgIpc) is 3.13. The monoisotopic (exact) mass is 559 g/mol. The van der Waals surface area contributed by atoms with Gasteiger partial charge >= 0.3 is 6.36 Å². The van der Waals surface area contributed by atoms with Gasteiger partial charge in [0.15, 0.2) is 5.75 Å². The van der Waals surface area contributed by atoms with Gasteiger partial charge in [0.25, 0.3) is 0 Å². The highest BCUT2D eigenvalue weighted by molar-refractivity contribution is 6.31. The summed E-state index contributed by atoms with van der Waals surface area (Å²) in [5.74, 6) is -0.131. The first-order chi connectivity index (χ1) is 18.5. The quantitative estimate of drug-likeness (QED) is 0.317. The maximum atomic E-state index is 13.3. The Kier molecular flexibility index (Phi) is 7.43. The Labute approximate surface area is 229 Å². The molecule has 206 valence electrons. The Hall–Kier alpha value is -3.37. The minimum Gasteiger partial charge on any atom is -0.404 e. The highest BCUT2D eigenvalue weighted by atomic mass is 35.5. The van der Waals surface area contributed by atoms with Gasteiger partial charge in [0.05, 0.1) is 28.0 Å². The summed E-state index contributed by atoms with van der Waals surface area (Å²) in [7, 11) is 0. The lowest BCUT2D eigenvalue weighted by atomic mass is 9.82. The van der Waals surface area contributed by atoms with E-state index in [1.165, 1.54) is 12.3 Å². The van der Waals surface area contributed by atoms with Crippen LogP contribution in [0.4, 0.5) is 30.5 Å². The first-order valence-electron chi connectivity index (χ1n) is 12.8. The van der Waals surface area contributed by atoms with Crippen LogP contribution in [0.15, 0.2) is 42.6 Å². The summed E-state index contributed by atoms with van der Waals surface area (Å²) >= 11 is 6.39. The predicted octanol–water partition coefficient (Wildman–Crippen LogP) is 6.25. The van der Waals surface area contributed by atoms with Crippen molar-refractivity contribution in [1.29, 1.82) is 0 Å². The second-order valence-corrected chi connectivity index (χ2v) is 10.8. The van der Waals surface area contributed by atoms with E-state index in [4.69, 9.17) is 11.6 Å². The lowest BCUT2D eigenvalue weighted by molar-refractivity contribution is -0.274. The van der Waals surface area contributed by atoms with Crippen LogP contribution < -0.4 is 20.7 Å². The van der Waals surface area contributed by atoms with Gasteiger partial charge in [-0.05, 0) is 93.4 Å². The van der Waals surface area contributed by atoms with Gasteiger partial charge in [0.1, 0.15) is 0 Å². The number of alkyl halides is 3. The molecule has 0 bridgehead atoms. The number of nitrogens with one attached hydrogen (secondary N) is 3. The average molecular weight is 560 g/mol. The van der Waals surface area contributed by atoms with Gasteiger partial charge in [0, 0.05) is 5.69 Å². The molecule has 0 unspecified atom stereocenters. The smallest absolute Gasteiger partial charge is 0.404 e. The molecule has 11 heteroatoms. The summed E-state index contributed by atoms with van der Waals surface area (Å²) in [4.78, 5) is 21.1. The molecule has 0 aliphatic carbocycles. The van der Waals surface area contributed by atoms with Crippen LogP contribution in [-0.4, -0.2) is 35.3 Å². The van der Waals surface area contributed by atoms with Crippen LogP contribution in [0.5, 0.6) is 5.75 Å². The molecule has 0 spiro atoms. The normalized spacial score (nSPS) is 17.0. The number of hydrogen-bond donors (Lipinski definition) is 3. The van der Waals surface area contributed by atoms with Gasteiger partial charge in [-0.25, -0.2) is 9.97 Å². The molecule has 3 aromatic rings. The van der Waals surface area contributed by atoms with Crippen LogP contribution in [0.1, 0.15) is 55.0 Å². The molecule has 39 heavy (non-hydrogen) atoms. The number of hydrogen-bond acceptors (Lipinski definition) is 6. The molecule has 3 N–H and O–H groups in total. The standard InChI is InChI=1S/C28H29ClF3N5O2/c1-27(2)24-17(4-3-5-22(24)35-25(27)38)6-8-20-19(29)15-34-26(36-20)37-21-9-7-18(16-10-12-33-13-11-16)14-23(21)39-28(30,31)32/h3-5,7,9,14-16,33H,6,8,10-13H2,1-2H3,(H,35,38)(H,34,36,37). The van der Waals surface area contributed by atoms with E-state index < -0.39 is 11.8 Å². The number of fused-ring (bicyclic) bond motifs is 1. The SMILES string of the molecule is CC1(C)C(=O)Nc2cccc(CCc3nc(Nc4ccc(C5CCNCC5)cc4OC(F)(F)F)ncc3Cl)c21. The lowest BCUT2D eigenvalue weighted by Crippen LogP contribution is -2.27. The summed E-state index contributed by atoms with van der Waals surface area (Å²) < 4.78 is 44.1. The molecule has 0 saturated carbocycles. The van der Waals surface area contributed by atoms with Crippen molar-refractivity contribution >= 4 is 34.8 Å². The van der Waals surface area contributed by atoms with E-state index in [9.17, 15) is 18.0 Å². The third-order valence-corrected chi connectivity index (χ3v) is 7.64. The van der Waals surface area contributed by atoms with E-state index in [2.05, 4.69) is 30.7 Å². The van der Waals surface area contributed by atoms with Crippen molar-refractivity contribution < 1.29 is 22.7 Å². The Morgan fingerprint density at radius 2 is 1.92 bits per heavy atom. The van der Waals surface area contributed by atoms with Crippen LogP contribution in [0.3, 0.4) is 0 Å². The fourth-order valence-electron chi connectivity index (χ4n) is 5.31. The first-order valence-corrected chi connectivity index (χ1v) is 13.2. The van der Waals surface area contributed by atoms with Crippen molar-refractivity contribution in [1.82, 2.24) is 15.3 Å². The summed E-state index contributed by atoms with van der Waals surface area (Å²) in [5.41, 5.74) is 3.50. The molecular formula is C28H29ClF3N5O2. The first kappa shape index (κ1) is 27.2. The molecule has 0 atom stereocenters. The molecule has 1 saturated heterocycles. The number of anilines is 3. The third kappa shape index (κ3) is 5.96. The van der Waals surface area contributed by atoms with Crippen molar-refractivity contribution in [2.75, 3.05) is 23.7 Å². The van der Waals surface area contributed by atoms with Gasteiger partial charge in [-0.2, -0.15) is 0 Å². The molecule has 2 aliphatic rings. The number of piperidine rings is 1. The van der Waals surface area contributed by atoms with Gasteiger partial charge in [-0.15, -0.1) is 13.2 Å². The third-order valence-electron chi connectivity index (χ3n) is 7.33. The molecule has 7 nitrogen and oxygen atoms in total. The van der Waals surface area contributed by atoms with E-state index in [-0.39, 0.29) is 29.2 Å². The fraction of sp³-hybridized carbons (Fsp3) is 0.393. The molecule has 1 aromatic heterocycles. The molecule has 1 fully saturated rings. The van der Waals surface area contributed by atoms with Crippen molar-refractivity contribution in [2.45, 2.75) is 57.2 Å². The summed E-state index contributed by atoms with van der Waals surface area (Å²) in [6.45, 7) is 5.40. The zero-order valence-electron chi connectivity index (χ0n) is 21.6. The lowest BCUT2D eigenvalue weighted by Gasteiger charge is -2.24. The second kappa shape index (κ2) is 10.7. The van der Waals surface area contributed by atoms with Crippen LogP contribution in [0.25, 0.3) is 0 Å². The fourth-order valence-corrected chi connectivity index (χ4v) is 5.50. The highest BCUT2D eigenvalue weighted by Gasteiger charge is 2.40. The number of amides is 1. The van der Waals surface area contributed by atoms with Crippen molar-refractivity contribution in [3.05, 3.63) is 70.0 Å². The second-order valence-electron chi connectivity index (χ2n) is 10.4. The summed E-state index contributed by atoms with van der Waals surface area (Å²) in [5, 5.41) is 9.41. The topological polar surface area (TPSA) is 88.2 Å². The molecule has 3 heterocycles. The molecule has 2 aromatic carbocycles. The largest absolute Gasteiger partial charge is 0.573 e. The number of benzene rings is 2. The van der Waals surface area contributed by atoms with Gasteiger partial charge in [0.2, 0.25) is 11.9 Å². The molecule has 2 aliphatic heterocycles. The molecule has 1 amide bonds. The van der Waals surface area contributed by atoms with E-state index in [1.54, 1.807) is 6.07 Å². The molecule has 0 radical (unpaired) electrons. The number of aryl methyl sites for hydroxylation is 2. The summed E-state index contributed by atoms with van der Waals surface area (Å²) in [6.07, 6.45) is -0.746. The van der Waals surface area contributed by atoms with Gasteiger partial charge in [-0.3, -0.25) is 4.79 Å². The minimum atomic E-state index is -4.85. The number of rotatable bonds is 7. The number of ether oxygens (including phenoxy) is 1. The number of aromatic nitrogens is 2. The minimum absolute atomic E-state index is 0.0560. The number of carbonyl (C=O) groups excluding carboxylic acids is 1. The number of carbonyl (C=O) groups is 1. The van der Waals surface area contributed by atoms with E-state index in [1.807, 2.05) is 38.1 Å². The highest BCUT2D eigenvalue weighted by Crippen LogP contribution is 2.40. The molecular weight excluding hydrogens is 531 g/mol.